The van der Waals surface area contributed by atoms with Gasteiger partial charge in [-0.2, -0.15) is 18.3 Å². The molecule has 0 unspecified atom stereocenters. The van der Waals surface area contributed by atoms with Crippen molar-refractivity contribution in [3.8, 4) is 16.9 Å². The summed E-state index contributed by atoms with van der Waals surface area (Å²) >= 11 is 0. The van der Waals surface area contributed by atoms with Crippen molar-refractivity contribution in [2.45, 2.75) is 26.3 Å². The molecule has 0 aliphatic carbocycles. The van der Waals surface area contributed by atoms with E-state index < -0.39 is 12.7 Å². The maximum absolute atomic E-state index is 12.5. The lowest BCUT2D eigenvalue weighted by atomic mass is 10.0. The molecule has 27 heavy (non-hydrogen) atoms. The predicted octanol–water partition coefficient (Wildman–Crippen LogP) is 4.81. The largest absolute Gasteiger partial charge is 0.488 e. The van der Waals surface area contributed by atoms with E-state index in [0.29, 0.717) is 40.9 Å². The number of aldehydes is 1. The van der Waals surface area contributed by atoms with E-state index in [-0.39, 0.29) is 0 Å². The average Bonchev–Trinajstić information content (AvgIpc) is 3.07. The van der Waals surface area contributed by atoms with Crippen LogP contribution >= 0.6 is 0 Å². The predicted molar refractivity (Wildman–Crippen MR) is 94.6 cm³/mol. The number of carbonyl (C=O) groups is 1. The third kappa shape index (κ3) is 4.75. The van der Waals surface area contributed by atoms with Crippen molar-refractivity contribution in [3.63, 3.8) is 0 Å². The second kappa shape index (κ2) is 7.65. The van der Waals surface area contributed by atoms with Gasteiger partial charge in [0, 0.05) is 11.8 Å². The second-order valence-corrected chi connectivity index (χ2v) is 6.15. The summed E-state index contributed by atoms with van der Waals surface area (Å²) in [6, 6.07) is 12.9. The molecule has 0 saturated carbocycles. The number of aromatic nitrogens is 2. The molecule has 3 rings (SSSR count). The summed E-state index contributed by atoms with van der Waals surface area (Å²) in [5.74, 6) is 0.459. The van der Waals surface area contributed by atoms with Crippen LogP contribution in [0.15, 0.2) is 54.9 Å². The maximum atomic E-state index is 12.5. The SMILES string of the molecule is Cc1cc(-c2cnn(CC(F)(F)F)c2)cc(C=O)c1OCc1ccccc1. The first-order valence-electron chi connectivity index (χ1n) is 8.22. The zero-order valence-corrected chi connectivity index (χ0v) is 14.5. The molecule has 0 atom stereocenters. The highest BCUT2D eigenvalue weighted by Gasteiger charge is 2.28. The minimum absolute atomic E-state index is 0.311. The van der Waals surface area contributed by atoms with Gasteiger partial charge in [0.2, 0.25) is 0 Å². The van der Waals surface area contributed by atoms with Crippen molar-refractivity contribution in [3.05, 3.63) is 71.5 Å². The monoisotopic (exact) mass is 374 g/mol. The fourth-order valence-corrected chi connectivity index (χ4v) is 2.77. The molecule has 0 saturated heterocycles. The van der Waals surface area contributed by atoms with Crippen LogP contribution in [-0.2, 0) is 13.2 Å². The van der Waals surface area contributed by atoms with Gasteiger partial charge in [-0.05, 0) is 35.7 Å². The molecular weight excluding hydrogens is 357 g/mol. The van der Waals surface area contributed by atoms with Crippen molar-refractivity contribution in [2.24, 2.45) is 0 Å². The standard InChI is InChI=1S/C20H17F3N2O2/c1-14-7-16(18-9-24-25(10-18)13-20(21,22)23)8-17(11-26)19(14)27-12-15-5-3-2-4-6-15/h2-11H,12-13H2,1H3. The van der Waals surface area contributed by atoms with Crippen LogP contribution in [0.4, 0.5) is 13.2 Å². The van der Waals surface area contributed by atoms with E-state index in [2.05, 4.69) is 5.10 Å². The molecule has 0 spiro atoms. The summed E-state index contributed by atoms with van der Waals surface area (Å²) in [4.78, 5) is 11.5. The van der Waals surface area contributed by atoms with Gasteiger partial charge in [-0.15, -0.1) is 0 Å². The highest BCUT2D eigenvalue weighted by molar-refractivity contribution is 5.84. The first-order chi connectivity index (χ1) is 12.9. The smallest absolute Gasteiger partial charge is 0.408 e. The van der Waals surface area contributed by atoms with Crippen LogP contribution in [0.25, 0.3) is 11.1 Å². The fraction of sp³-hybridized carbons (Fsp3) is 0.200. The van der Waals surface area contributed by atoms with E-state index in [0.717, 1.165) is 10.2 Å². The number of rotatable bonds is 6. The van der Waals surface area contributed by atoms with E-state index in [9.17, 15) is 18.0 Å². The molecule has 0 aliphatic rings. The van der Waals surface area contributed by atoms with E-state index >= 15 is 0 Å². The Kier molecular flexibility index (Phi) is 5.30. The highest BCUT2D eigenvalue weighted by atomic mass is 19.4. The molecule has 0 N–H and O–H groups in total. The lowest BCUT2D eigenvalue weighted by Crippen LogP contribution is -2.17. The first kappa shape index (κ1) is 18.7. The quantitative estimate of drug-likeness (QED) is 0.582. The summed E-state index contributed by atoms with van der Waals surface area (Å²) in [7, 11) is 0. The molecule has 1 aromatic heterocycles. The Balaban J connectivity index is 1.84. The minimum atomic E-state index is -4.34. The number of alkyl halides is 3. The van der Waals surface area contributed by atoms with Gasteiger partial charge in [0.1, 0.15) is 18.9 Å². The Morgan fingerprint density at radius 2 is 1.89 bits per heavy atom. The van der Waals surface area contributed by atoms with Gasteiger partial charge >= 0.3 is 6.18 Å². The van der Waals surface area contributed by atoms with Gasteiger partial charge in [-0.25, -0.2) is 0 Å². The van der Waals surface area contributed by atoms with E-state index in [1.807, 2.05) is 30.3 Å². The topological polar surface area (TPSA) is 44.1 Å². The van der Waals surface area contributed by atoms with Crippen molar-refractivity contribution in [1.29, 1.82) is 0 Å². The first-order valence-corrected chi connectivity index (χ1v) is 8.22. The molecule has 3 aromatic rings. The van der Waals surface area contributed by atoms with Crippen molar-refractivity contribution in [1.82, 2.24) is 9.78 Å². The van der Waals surface area contributed by atoms with Crippen LogP contribution in [0.1, 0.15) is 21.5 Å². The maximum Gasteiger partial charge on any atom is 0.408 e. The molecule has 2 aromatic carbocycles. The number of carbonyl (C=O) groups excluding carboxylic acids is 1. The van der Waals surface area contributed by atoms with Crippen LogP contribution in [0, 0.1) is 6.92 Å². The average molecular weight is 374 g/mol. The van der Waals surface area contributed by atoms with Gasteiger partial charge in [-0.1, -0.05) is 30.3 Å². The van der Waals surface area contributed by atoms with Gasteiger partial charge in [0.15, 0.2) is 6.29 Å². The summed E-state index contributed by atoms with van der Waals surface area (Å²) < 4.78 is 44.1. The molecule has 0 aliphatic heterocycles. The van der Waals surface area contributed by atoms with E-state index in [1.165, 1.54) is 12.4 Å². The Hall–Kier alpha value is -3.09. The lowest BCUT2D eigenvalue weighted by molar-refractivity contribution is -0.142. The third-order valence-electron chi connectivity index (χ3n) is 3.96. The summed E-state index contributed by atoms with van der Waals surface area (Å²) in [6.45, 7) is 0.938. The van der Waals surface area contributed by atoms with E-state index in [1.54, 1.807) is 19.1 Å². The van der Waals surface area contributed by atoms with Gasteiger partial charge in [0.05, 0.1) is 11.8 Å². The lowest BCUT2D eigenvalue weighted by Gasteiger charge is -2.13. The highest BCUT2D eigenvalue weighted by Crippen LogP contribution is 2.30. The Labute approximate surface area is 154 Å². The Morgan fingerprint density at radius 1 is 1.15 bits per heavy atom. The molecule has 4 nitrogen and oxygen atoms in total. The third-order valence-corrected chi connectivity index (χ3v) is 3.96. The van der Waals surface area contributed by atoms with Crippen molar-refractivity contribution in [2.75, 3.05) is 0 Å². The van der Waals surface area contributed by atoms with Gasteiger partial charge in [-0.3, -0.25) is 9.48 Å². The normalized spacial score (nSPS) is 11.4. The van der Waals surface area contributed by atoms with Crippen LogP contribution in [0.5, 0.6) is 5.75 Å². The Morgan fingerprint density at radius 3 is 2.56 bits per heavy atom. The molecule has 0 amide bonds. The molecule has 7 heteroatoms. The number of benzene rings is 2. The number of ether oxygens (including phenoxy) is 1. The molecule has 0 fully saturated rings. The van der Waals surface area contributed by atoms with Gasteiger partial charge in [0.25, 0.3) is 0 Å². The molecule has 0 radical (unpaired) electrons. The fourth-order valence-electron chi connectivity index (χ4n) is 2.77. The molecule has 0 bridgehead atoms. The van der Waals surface area contributed by atoms with Crippen LogP contribution in [-0.4, -0.2) is 22.2 Å². The van der Waals surface area contributed by atoms with Crippen molar-refractivity contribution < 1.29 is 22.7 Å². The number of hydrogen-bond acceptors (Lipinski definition) is 3. The summed E-state index contributed by atoms with van der Waals surface area (Å²) in [5.41, 5.74) is 3.13. The number of aryl methyl sites for hydroxylation is 1. The number of nitrogens with zero attached hydrogens (tertiary/aromatic N) is 2. The van der Waals surface area contributed by atoms with E-state index in [4.69, 9.17) is 4.74 Å². The zero-order chi connectivity index (χ0) is 19.4. The second-order valence-electron chi connectivity index (χ2n) is 6.15. The number of hydrogen-bond donors (Lipinski definition) is 0. The molecular formula is C20H17F3N2O2. The molecule has 140 valence electrons. The summed E-state index contributed by atoms with van der Waals surface area (Å²) in [5, 5.41) is 3.74. The van der Waals surface area contributed by atoms with Crippen LogP contribution in [0.2, 0.25) is 0 Å². The minimum Gasteiger partial charge on any atom is -0.488 e. The van der Waals surface area contributed by atoms with Gasteiger partial charge < -0.3 is 4.74 Å². The van der Waals surface area contributed by atoms with Crippen LogP contribution in [0.3, 0.4) is 0 Å². The summed E-state index contributed by atoms with van der Waals surface area (Å²) in [6.07, 6.45) is -1.01. The van der Waals surface area contributed by atoms with Crippen LogP contribution < -0.4 is 4.74 Å². The van der Waals surface area contributed by atoms with Crippen molar-refractivity contribution >= 4 is 6.29 Å². The zero-order valence-electron chi connectivity index (χ0n) is 14.5. The molecule has 1 heterocycles. The Bertz CT molecular complexity index is 934. The number of halogens is 3.